The molecule has 7 heteroatoms. The third-order valence-electron chi connectivity index (χ3n) is 4.33. The molecule has 2 unspecified atom stereocenters. The molecule has 1 amide bonds. The largest absolute Gasteiger partial charge is 0.392 e. The Morgan fingerprint density at radius 2 is 2.00 bits per heavy atom. The van der Waals surface area contributed by atoms with E-state index < -0.39 is 0 Å². The Balaban J connectivity index is 0.00000220. The molecule has 22 heavy (non-hydrogen) atoms. The average molecular weight is 356 g/mol. The predicted octanol–water partition coefficient (Wildman–Crippen LogP) is 1.13. The van der Waals surface area contributed by atoms with Gasteiger partial charge in [0.1, 0.15) is 0 Å². The van der Waals surface area contributed by atoms with Crippen LogP contribution < -0.4 is 5.32 Å². The first kappa shape index (κ1) is 21.9. The maximum atomic E-state index is 12.2. The molecule has 2 fully saturated rings. The fourth-order valence-corrected chi connectivity index (χ4v) is 2.90. The third-order valence-corrected chi connectivity index (χ3v) is 4.33. The SMILES string of the molecule is CCC1CN(C(=O)CNCC2CC2)CCN1CC(C)O.Cl.Cl. The van der Waals surface area contributed by atoms with Gasteiger partial charge in [-0.05, 0) is 38.6 Å². The summed E-state index contributed by atoms with van der Waals surface area (Å²) in [6.07, 6.45) is 3.35. The number of nitrogens with one attached hydrogen (secondary N) is 1. The van der Waals surface area contributed by atoms with Crippen molar-refractivity contribution >= 4 is 30.7 Å². The molecule has 1 saturated heterocycles. The Kier molecular flexibility index (Phi) is 10.6. The van der Waals surface area contributed by atoms with Crippen molar-refractivity contribution < 1.29 is 9.90 Å². The van der Waals surface area contributed by atoms with Gasteiger partial charge in [0.2, 0.25) is 5.91 Å². The summed E-state index contributed by atoms with van der Waals surface area (Å²) >= 11 is 0. The van der Waals surface area contributed by atoms with Crippen LogP contribution in [0.15, 0.2) is 0 Å². The van der Waals surface area contributed by atoms with Gasteiger partial charge in [-0.25, -0.2) is 0 Å². The van der Waals surface area contributed by atoms with Crippen LogP contribution in [0.1, 0.15) is 33.1 Å². The number of carbonyl (C=O) groups is 1. The van der Waals surface area contributed by atoms with Crippen LogP contribution in [-0.2, 0) is 4.79 Å². The fraction of sp³-hybridized carbons (Fsp3) is 0.933. The van der Waals surface area contributed by atoms with E-state index in [1.54, 1.807) is 0 Å². The minimum Gasteiger partial charge on any atom is -0.392 e. The van der Waals surface area contributed by atoms with E-state index in [-0.39, 0.29) is 36.8 Å². The number of hydrogen-bond acceptors (Lipinski definition) is 4. The van der Waals surface area contributed by atoms with Gasteiger partial charge in [0.05, 0.1) is 12.6 Å². The van der Waals surface area contributed by atoms with Crippen molar-refractivity contribution in [3.05, 3.63) is 0 Å². The van der Waals surface area contributed by atoms with E-state index in [1.807, 2.05) is 11.8 Å². The first-order valence-corrected chi connectivity index (χ1v) is 8.00. The predicted molar refractivity (Wildman–Crippen MR) is 94.0 cm³/mol. The van der Waals surface area contributed by atoms with Crippen LogP contribution in [0.3, 0.4) is 0 Å². The number of rotatable bonds is 7. The van der Waals surface area contributed by atoms with Crippen molar-refractivity contribution in [2.45, 2.75) is 45.3 Å². The van der Waals surface area contributed by atoms with Gasteiger partial charge < -0.3 is 15.3 Å². The Morgan fingerprint density at radius 1 is 1.32 bits per heavy atom. The lowest BCUT2D eigenvalue weighted by Gasteiger charge is -2.41. The minimum atomic E-state index is -0.300. The zero-order chi connectivity index (χ0) is 14.5. The number of nitrogens with zero attached hydrogens (tertiary/aromatic N) is 2. The third kappa shape index (κ3) is 7.01. The van der Waals surface area contributed by atoms with Gasteiger partial charge in [0.15, 0.2) is 0 Å². The summed E-state index contributed by atoms with van der Waals surface area (Å²) in [7, 11) is 0. The van der Waals surface area contributed by atoms with Gasteiger partial charge in [-0.2, -0.15) is 0 Å². The summed E-state index contributed by atoms with van der Waals surface area (Å²) in [5.74, 6) is 1.04. The lowest BCUT2D eigenvalue weighted by molar-refractivity contribution is -0.133. The van der Waals surface area contributed by atoms with Crippen LogP contribution in [0.25, 0.3) is 0 Å². The van der Waals surface area contributed by atoms with Crippen LogP contribution >= 0.6 is 24.8 Å². The molecule has 0 aromatic carbocycles. The molecule has 0 aromatic rings. The zero-order valence-electron chi connectivity index (χ0n) is 13.7. The van der Waals surface area contributed by atoms with E-state index in [4.69, 9.17) is 0 Å². The summed E-state index contributed by atoms with van der Waals surface area (Å²) < 4.78 is 0. The topological polar surface area (TPSA) is 55.8 Å². The van der Waals surface area contributed by atoms with Gasteiger partial charge in [-0.1, -0.05) is 6.92 Å². The first-order chi connectivity index (χ1) is 9.60. The van der Waals surface area contributed by atoms with Crippen LogP contribution in [-0.4, -0.2) is 72.2 Å². The molecule has 1 saturated carbocycles. The maximum Gasteiger partial charge on any atom is 0.236 e. The molecular weight excluding hydrogens is 325 g/mol. The van der Waals surface area contributed by atoms with E-state index >= 15 is 0 Å². The summed E-state index contributed by atoms with van der Waals surface area (Å²) in [6.45, 7) is 8.61. The molecule has 0 spiro atoms. The molecule has 0 aromatic heterocycles. The number of amides is 1. The molecule has 2 atom stereocenters. The Morgan fingerprint density at radius 3 is 2.55 bits per heavy atom. The lowest BCUT2D eigenvalue weighted by atomic mass is 10.1. The quantitative estimate of drug-likeness (QED) is 0.718. The first-order valence-electron chi connectivity index (χ1n) is 8.00. The number of hydrogen-bond donors (Lipinski definition) is 2. The molecule has 0 radical (unpaired) electrons. The molecule has 132 valence electrons. The standard InChI is InChI=1S/C15H29N3O2.2ClH/c1-3-14-11-18(7-6-17(14)10-12(2)19)15(20)9-16-8-13-4-5-13;;/h12-14,16,19H,3-11H2,1-2H3;2*1H. The number of carbonyl (C=O) groups excluding carboxylic acids is 1. The van der Waals surface area contributed by atoms with E-state index in [1.165, 1.54) is 12.8 Å². The molecule has 1 aliphatic carbocycles. The van der Waals surface area contributed by atoms with E-state index in [9.17, 15) is 9.90 Å². The smallest absolute Gasteiger partial charge is 0.236 e. The van der Waals surface area contributed by atoms with Crippen molar-refractivity contribution in [2.75, 3.05) is 39.3 Å². The number of piperazine rings is 1. The van der Waals surface area contributed by atoms with Crippen molar-refractivity contribution in [1.82, 2.24) is 15.1 Å². The van der Waals surface area contributed by atoms with Crippen molar-refractivity contribution in [3.63, 3.8) is 0 Å². The molecule has 5 nitrogen and oxygen atoms in total. The van der Waals surface area contributed by atoms with Gasteiger partial charge in [0.25, 0.3) is 0 Å². The van der Waals surface area contributed by atoms with Gasteiger partial charge >= 0.3 is 0 Å². The molecule has 2 aliphatic rings. The second-order valence-corrected chi connectivity index (χ2v) is 6.32. The van der Waals surface area contributed by atoms with Crippen molar-refractivity contribution in [1.29, 1.82) is 0 Å². The summed E-state index contributed by atoms with van der Waals surface area (Å²) in [5, 5.41) is 12.8. The van der Waals surface area contributed by atoms with E-state index in [0.29, 0.717) is 19.1 Å². The number of β-amino-alcohol motifs (C(OH)–C–C–N with tert-alkyl or cyclic N) is 1. The average Bonchev–Trinajstić information content (AvgIpc) is 3.22. The monoisotopic (exact) mass is 355 g/mol. The van der Waals surface area contributed by atoms with E-state index in [2.05, 4.69) is 17.1 Å². The van der Waals surface area contributed by atoms with Crippen molar-refractivity contribution in [3.8, 4) is 0 Å². The van der Waals surface area contributed by atoms with Crippen LogP contribution in [0, 0.1) is 5.92 Å². The number of halogens is 2. The molecule has 2 N–H and O–H groups in total. The second-order valence-electron chi connectivity index (χ2n) is 6.32. The van der Waals surface area contributed by atoms with Gasteiger partial charge in [-0.3, -0.25) is 9.69 Å². The zero-order valence-corrected chi connectivity index (χ0v) is 15.3. The molecule has 0 bridgehead atoms. The Bertz CT molecular complexity index is 328. The second kappa shape index (κ2) is 10.7. The molecule has 2 rings (SSSR count). The highest BCUT2D eigenvalue weighted by atomic mass is 35.5. The van der Waals surface area contributed by atoms with Crippen LogP contribution in [0.4, 0.5) is 0 Å². The summed E-state index contributed by atoms with van der Waals surface area (Å²) in [5.41, 5.74) is 0. The van der Waals surface area contributed by atoms with Crippen LogP contribution in [0.2, 0.25) is 0 Å². The Hall–Kier alpha value is -0.0700. The minimum absolute atomic E-state index is 0. The van der Waals surface area contributed by atoms with Crippen LogP contribution in [0.5, 0.6) is 0 Å². The normalized spacial score (nSPS) is 23.4. The summed E-state index contributed by atoms with van der Waals surface area (Å²) in [4.78, 5) is 16.5. The summed E-state index contributed by atoms with van der Waals surface area (Å²) in [6, 6.07) is 0.380. The number of aliphatic hydroxyl groups excluding tert-OH is 1. The van der Waals surface area contributed by atoms with Gasteiger partial charge in [0, 0.05) is 32.2 Å². The highest BCUT2D eigenvalue weighted by molar-refractivity contribution is 5.85. The van der Waals surface area contributed by atoms with E-state index in [0.717, 1.165) is 38.5 Å². The van der Waals surface area contributed by atoms with Gasteiger partial charge in [-0.15, -0.1) is 24.8 Å². The number of aliphatic hydroxyl groups is 1. The molecular formula is C15H31Cl2N3O2. The highest BCUT2D eigenvalue weighted by Crippen LogP contribution is 2.27. The Labute approximate surface area is 146 Å². The fourth-order valence-electron chi connectivity index (χ4n) is 2.90. The molecule has 1 heterocycles. The maximum absolute atomic E-state index is 12.2. The highest BCUT2D eigenvalue weighted by Gasteiger charge is 2.29. The lowest BCUT2D eigenvalue weighted by Crippen LogP contribution is -2.57. The molecule has 1 aliphatic heterocycles. The van der Waals surface area contributed by atoms with Crippen molar-refractivity contribution in [2.24, 2.45) is 5.92 Å².